The molecule has 18 heavy (non-hydrogen) atoms. The monoisotopic (exact) mass is 240 g/mol. The molecule has 1 aromatic heterocycles. The summed E-state index contributed by atoms with van der Waals surface area (Å²) in [5.41, 5.74) is 8.27. The number of anilines is 2. The minimum Gasteiger partial charge on any atom is -0.330 e. The van der Waals surface area contributed by atoms with Crippen molar-refractivity contribution in [1.29, 1.82) is 0 Å². The first-order valence-electron chi connectivity index (χ1n) is 6.23. The van der Waals surface area contributed by atoms with Crippen molar-refractivity contribution in [3.05, 3.63) is 48.3 Å². The van der Waals surface area contributed by atoms with E-state index >= 15 is 0 Å². The number of benzene rings is 1. The summed E-state index contributed by atoms with van der Waals surface area (Å²) in [5.74, 6) is 1.25. The van der Waals surface area contributed by atoms with Crippen LogP contribution in [-0.2, 0) is 0 Å². The summed E-state index contributed by atoms with van der Waals surface area (Å²) in [6, 6.07) is 10.3. The summed E-state index contributed by atoms with van der Waals surface area (Å²) < 4.78 is 0. The molecule has 4 heteroatoms. The van der Waals surface area contributed by atoms with E-state index in [9.17, 15) is 0 Å². The van der Waals surface area contributed by atoms with Crippen molar-refractivity contribution in [2.75, 3.05) is 18.0 Å². The van der Waals surface area contributed by atoms with Crippen LogP contribution < -0.4 is 10.6 Å². The Bertz CT molecular complexity index is 526. The number of rotatable bonds is 3. The lowest BCUT2D eigenvalue weighted by atomic mass is 9.98. The molecule has 2 aromatic rings. The predicted octanol–water partition coefficient (Wildman–Crippen LogP) is 2.06. The van der Waals surface area contributed by atoms with Crippen molar-refractivity contribution in [2.45, 2.75) is 12.3 Å². The van der Waals surface area contributed by atoms with Gasteiger partial charge in [0.05, 0.1) is 0 Å². The molecule has 1 atom stereocenters. The topological polar surface area (TPSA) is 55.0 Å². The van der Waals surface area contributed by atoms with Gasteiger partial charge < -0.3 is 10.6 Å². The number of para-hydroxylation sites is 1. The van der Waals surface area contributed by atoms with Gasteiger partial charge in [0, 0.05) is 30.5 Å². The number of hydrogen-bond donors (Lipinski definition) is 1. The first-order valence-corrected chi connectivity index (χ1v) is 6.23. The van der Waals surface area contributed by atoms with E-state index in [0.29, 0.717) is 12.5 Å². The van der Waals surface area contributed by atoms with E-state index in [1.54, 1.807) is 12.4 Å². The van der Waals surface area contributed by atoms with Gasteiger partial charge in [0.15, 0.2) is 0 Å². The van der Waals surface area contributed by atoms with E-state index in [-0.39, 0.29) is 0 Å². The smallest absolute Gasteiger partial charge is 0.229 e. The molecule has 2 N–H and O–H groups in total. The van der Waals surface area contributed by atoms with Crippen molar-refractivity contribution >= 4 is 11.6 Å². The zero-order valence-corrected chi connectivity index (χ0v) is 10.2. The lowest BCUT2D eigenvalue weighted by Gasteiger charge is -2.17. The Morgan fingerprint density at radius 2 is 1.94 bits per heavy atom. The van der Waals surface area contributed by atoms with E-state index in [0.717, 1.165) is 18.9 Å². The molecule has 1 unspecified atom stereocenters. The molecule has 0 saturated carbocycles. The summed E-state index contributed by atoms with van der Waals surface area (Å²) in [6.45, 7) is 1.63. The van der Waals surface area contributed by atoms with E-state index in [1.807, 2.05) is 6.07 Å². The first-order chi connectivity index (χ1) is 8.90. The molecule has 0 aliphatic carbocycles. The molecule has 1 aliphatic heterocycles. The fourth-order valence-electron chi connectivity index (χ4n) is 2.56. The summed E-state index contributed by atoms with van der Waals surface area (Å²) in [7, 11) is 0. The zero-order chi connectivity index (χ0) is 12.4. The molecule has 1 aliphatic rings. The predicted molar refractivity (Wildman–Crippen MR) is 71.9 cm³/mol. The zero-order valence-electron chi connectivity index (χ0n) is 10.2. The maximum Gasteiger partial charge on any atom is 0.229 e. The van der Waals surface area contributed by atoms with E-state index in [1.165, 1.54) is 11.3 Å². The van der Waals surface area contributed by atoms with Crippen molar-refractivity contribution in [2.24, 2.45) is 5.73 Å². The molecule has 0 spiro atoms. The Labute approximate surface area is 106 Å². The highest BCUT2D eigenvalue weighted by Gasteiger charge is 2.29. The maximum atomic E-state index is 5.70. The Hall–Kier alpha value is -1.94. The van der Waals surface area contributed by atoms with Crippen molar-refractivity contribution in [3.63, 3.8) is 0 Å². The van der Waals surface area contributed by atoms with Gasteiger partial charge in [-0.25, -0.2) is 9.97 Å². The normalized spacial score (nSPS) is 17.8. The van der Waals surface area contributed by atoms with Crippen LogP contribution in [0.25, 0.3) is 0 Å². The fourth-order valence-corrected chi connectivity index (χ4v) is 2.56. The van der Waals surface area contributed by atoms with Crippen LogP contribution in [0.3, 0.4) is 0 Å². The third-order valence-electron chi connectivity index (χ3n) is 3.38. The highest BCUT2D eigenvalue weighted by atomic mass is 15.3. The Morgan fingerprint density at radius 1 is 1.17 bits per heavy atom. The van der Waals surface area contributed by atoms with Gasteiger partial charge in [-0.05, 0) is 30.7 Å². The van der Waals surface area contributed by atoms with Gasteiger partial charge in [-0.15, -0.1) is 0 Å². The standard InChI is InChI=1S/C14H16N4/c15-7-6-11-10-18(14-16-8-3-9-17-14)13-5-2-1-4-12(11)13/h1-5,8-9,11H,6-7,10,15H2. The average Bonchev–Trinajstić information content (AvgIpc) is 2.80. The quantitative estimate of drug-likeness (QED) is 0.892. The van der Waals surface area contributed by atoms with Crippen LogP contribution in [0.15, 0.2) is 42.7 Å². The summed E-state index contributed by atoms with van der Waals surface area (Å²) in [6.07, 6.45) is 4.56. The third-order valence-corrected chi connectivity index (χ3v) is 3.38. The van der Waals surface area contributed by atoms with Gasteiger partial charge in [0.2, 0.25) is 5.95 Å². The van der Waals surface area contributed by atoms with Crippen molar-refractivity contribution in [1.82, 2.24) is 9.97 Å². The van der Waals surface area contributed by atoms with E-state index in [4.69, 9.17) is 5.73 Å². The van der Waals surface area contributed by atoms with Crippen LogP contribution in [0.1, 0.15) is 17.9 Å². The van der Waals surface area contributed by atoms with Crippen LogP contribution in [0.5, 0.6) is 0 Å². The van der Waals surface area contributed by atoms with Crippen molar-refractivity contribution < 1.29 is 0 Å². The molecule has 0 amide bonds. The number of nitrogens with two attached hydrogens (primary N) is 1. The second-order valence-corrected chi connectivity index (χ2v) is 4.49. The van der Waals surface area contributed by atoms with Gasteiger partial charge in [-0.1, -0.05) is 18.2 Å². The van der Waals surface area contributed by atoms with Gasteiger partial charge >= 0.3 is 0 Å². The largest absolute Gasteiger partial charge is 0.330 e. The maximum absolute atomic E-state index is 5.70. The van der Waals surface area contributed by atoms with Crippen LogP contribution in [-0.4, -0.2) is 23.1 Å². The lowest BCUT2D eigenvalue weighted by Crippen LogP contribution is -2.19. The van der Waals surface area contributed by atoms with Crippen molar-refractivity contribution in [3.8, 4) is 0 Å². The number of aromatic nitrogens is 2. The van der Waals surface area contributed by atoms with Crippen LogP contribution in [0, 0.1) is 0 Å². The average molecular weight is 240 g/mol. The minimum atomic E-state index is 0.481. The summed E-state index contributed by atoms with van der Waals surface area (Å²) >= 11 is 0. The first kappa shape index (κ1) is 11.2. The van der Waals surface area contributed by atoms with Gasteiger partial charge in [-0.3, -0.25) is 0 Å². The Morgan fingerprint density at radius 3 is 2.72 bits per heavy atom. The SMILES string of the molecule is NCCC1CN(c2ncccn2)c2ccccc21. The number of hydrogen-bond acceptors (Lipinski definition) is 4. The van der Waals surface area contributed by atoms with Gasteiger partial charge in [-0.2, -0.15) is 0 Å². The van der Waals surface area contributed by atoms with Crippen LogP contribution in [0.4, 0.5) is 11.6 Å². The molecule has 0 fully saturated rings. The Balaban J connectivity index is 1.99. The number of fused-ring (bicyclic) bond motifs is 1. The van der Waals surface area contributed by atoms with Gasteiger partial charge in [0.25, 0.3) is 0 Å². The molecular formula is C14H16N4. The second kappa shape index (κ2) is 4.74. The molecule has 4 nitrogen and oxygen atoms in total. The number of nitrogens with zero attached hydrogens (tertiary/aromatic N) is 3. The van der Waals surface area contributed by atoms with Crippen LogP contribution >= 0.6 is 0 Å². The molecule has 3 rings (SSSR count). The molecule has 92 valence electrons. The van der Waals surface area contributed by atoms with Crippen LogP contribution in [0.2, 0.25) is 0 Å². The molecule has 0 saturated heterocycles. The lowest BCUT2D eigenvalue weighted by molar-refractivity contribution is 0.665. The molecular weight excluding hydrogens is 224 g/mol. The fraction of sp³-hybridized carbons (Fsp3) is 0.286. The van der Waals surface area contributed by atoms with Gasteiger partial charge in [0.1, 0.15) is 0 Å². The second-order valence-electron chi connectivity index (χ2n) is 4.49. The highest BCUT2D eigenvalue weighted by Crippen LogP contribution is 2.40. The van der Waals surface area contributed by atoms with E-state index < -0.39 is 0 Å². The Kier molecular flexibility index (Phi) is 2.94. The molecule has 0 radical (unpaired) electrons. The summed E-state index contributed by atoms with van der Waals surface area (Å²) in [5, 5.41) is 0. The molecule has 0 bridgehead atoms. The third kappa shape index (κ3) is 1.84. The summed E-state index contributed by atoms with van der Waals surface area (Å²) in [4.78, 5) is 10.9. The molecule has 1 aromatic carbocycles. The highest BCUT2D eigenvalue weighted by molar-refractivity contribution is 5.67. The minimum absolute atomic E-state index is 0.481. The van der Waals surface area contributed by atoms with E-state index in [2.05, 4.69) is 39.1 Å². The molecule has 2 heterocycles.